The van der Waals surface area contributed by atoms with Gasteiger partial charge in [0.25, 0.3) is 0 Å². The van der Waals surface area contributed by atoms with Crippen LogP contribution in [0.3, 0.4) is 0 Å². The van der Waals surface area contributed by atoms with Crippen molar-refractivity contribution in [3.8, 4) is 0 Å². The number of hydrogen-bond acceptors (Lipinski definition) is 2. The predicted molar refractivity (Wildman–Crippen MR) is 92.4 cm³/mol. The van der Waals surface area contributed by atoms with Gasteiger partial charge in [-0.1, -0.05) is 48.5 Å². The van der Waals surface area contributed by atoms with Gasteiger partial charge in [-0.05, 0) is 36.1 Å². The van der Waals surface area contributed by atoms with E-state index < -0.39 is 11.8 Å². The van der Waals surface area contributed by atoms with Crippen LogP contribution in [-0.2, 0) is 9.59 Å². The number of anilines is 2. The van der Waals surface area contributed by atoms with Crippen LogP contribution in [0.1, 0.15) is 5.56 Å². The fraction of sp³-hybridized carbons (Fsp3) is 0.0526. The summed E-state index contributed by atoms with van der Waals surface area (Å²) < 4.78 is 0. The normalized spacial score (nSPS) is 10.3. The van der Waals surface area contributed by atoms with Crippen LogP contribution in [0, 0.1) is 6.92 Å². The molecule has 0 fully saturated rings. The highest BCUT2D eigenvalue weighted by Crippen LogP contribution is 2.22. The standard InChI is InChI=1S/C19H16N2O2/c1-13-6-4-9-15(12-13)20-18(22)19(23)21-17-11-5-8-14-7-2-3-10-16(14)17/h2-12H,1H3,(H,20,22)(H,21,23). The van der Waals surface area contributed by atoms with E-state index in [-0.39, 0.29) is 0 Å². The van der Waals surface area contributed by atoms with E-state index in [0.29, 0.717) is 11.4 Å². The summed E-state index contributed by atoms with van der Waals surface area (Å²) in [5, 5.41) is 7.17. The van der Waals surface area contributed by atoms with Gasteiger partial charge in [0.2, 0.25) is 0 Å². The number of carbonyl (C=O) groups excluding carboxylic acids is 2. The average molecular weight is 304 g/mol. The molecule has 0 radical (unpaired) electrons. The minimum absolute atomic E-state index is 0.600. The lowest BCUT2D eigenvalue weighted by Crippen LogP contribution is -2.29. The second kappa shape index (κ2) is 6.32. The molecule has 4 heteroatoms. The number of fused-ring (bicyclic) bond motifs is 1. The summed E-state index contributed by atoms with van der Waals surface area (Å²) in [7, 11) is 0. The molecule has 3 rings (SSSR count). The zero-order chi connectivity index (χ0) is 16.2. The van der Waals surface area contributed by atoms with Crippen LogP contribution in [0.2, 0.25) is 0 Å². The minimum Gasteiger partial charge on any atom is -0.318 e. The van der Waals surface area contributed by atoms with Crippen molar-refractivity contribution >= 4 is 34.0 Å². The van der Waals surface area contributed by atoms with Gasteiger partial charge in [0.05, 0.1) is 0 Å². The molecule has 0 bridgehead atoms. The molecule has 4 nitrogen and oxygen atoms in total. The van der Waals surface area contributed by atoms with Gasteiger partial charge in [0, 0.05) is 16.8 Å². The maximum Gasteiger partial charge on any atom is 0.314 e. The monoisotopic (exact) mass is 304 g/mol. The number of rotatable bonds is 2. The van der Waals surface area contributed by atoms with E-state index in [4.69, 9.17) is 0 Å². The molecule has 0 atom stereocenters. The molecule has 3 aromatic carbocycles. The van der Waals surface area contributed by atoms with Gasteiger partial charge in [-0.3, -0.25) is 9.59 Å². The summed E-state index contributed by atoms with van der Waals surface area (Å²) in [6, 6.07) is 20.6. The van der Waals surface area contributed by atoms with Crippen LogP contribution >= 0.6 is 0 Å². The van der Waals surface area contributed by atoms with E-state index in [1.165, 1.54) is 0 Å². The summed E-state index contributed by atoms with van der Waals surface area (Å²) in [4.78, 5) is 24.2. The smallest absolute Gasteiger partial charge is 0.314 e. The molecule has 0 heterocycles. The largest absolute Gasteiger partial charge is 0.318 e. The minimum atomic E-state index is -0.692. The van der Waals surface area contributed by atoms with Gasteiger partial charge in [-0.15, -0.1) is 0 Å². The third-order valence-electron chi connectivity index (χ3n) is 3.52. The zero-order valence-electron chi connectivity index (χ0n) is 12.7. The molecule has 0 aliphatic heterocycles. The van der Waals surface area contributed by atoms with Crippen LogP contribution in [0.15, 0.2) is 66.7 Å². The molecule has 0 unspecified atom stereocenters. The molecule has 0 aliphatic rings. The molecule has 0 saturated carbocycles. The topological polar surface area (TPSA) is 58.2 Å². The molecule has 0 aliphatic carbocycles. The van der Waals surface area contributed by atoms with Gasteiger partial charge in [-0.25, -0.2) is 0 Å². The number of benzene rings is 3. The second-order valence-corrected chi connectivity index (χ2v) is 5.30. The Labute approximate surface area is 134 Å². The summed E-state index contributed by atoms with van der Waals surface area (Å²) in [6.45, 7) is 1.92. The first-order chi connectivity index (χ1) is 11.1. The third-order valence-corrected chi connectivity index (χ3v) is 3.52. The Balaban J connectivity index is 1.77. The Bertz CT molecular complexity index is 882. The molecule has 3 aromatic rings. The van der Waals surface area contributed by atoms with E-state index in [9.17, 15) is 9.59 Å². The Morgan fingerprint density at radius 3 is 2.30 bits per heavy atom. The van der Waals surface area contributed by atoms with E-state index >= 15 is 0 Å². The van der Waals surface area contributed by atoms with E-state index in [1.807, 2.05) is 61.5 Å². The molecule has 2 amide bonds. The van der Waals surface area contributed by atoms with Crippen molar-refractivity contribution in [1.29, 1.82) is 0 Å². The van der Waals surface area contributed by atoms with Crippen molar-refractivity contribution in [1.82, 2.24) is 0 Å². The maximum atomic E-state index is 12.1. The first kappa shape index (κ1) is 14.8. The first-order valence-electron chi connectivity index (χ1n) is 7.30. The van der Waals surface area contributed by atoms with E-state index in [2.05, 4.69) is 10.6 Å². The highest BCUT2D eigenvalue weighted by molar-refractivity contribution is 6.44. The van der Waals surface area contributed by atoms with Crippen LogP contribution in [0.5, 0.6) is 0 Å². The highest BCUT2D eigenvalue weighted by Gasteiger charge is 2.15. The van der Waals surface area contributed by atoms with Crippen LogP contribution in [0.25, 0.3) is 10.8 Å². The lowest BCUT2D eigenvalue weighted by Gasteiger charge is -2.09. The average Bonchev–Trinajstić information content (AvgIpc) is 2.55. The fourth-order valence-electron chi connectivity index (χ4n) is 2.42. The zero-order valence-corrected chi connectivity index (χ0v) is 12.7. The fourth-order valence-corrected chi connectivity index (χ4v) is 2.42. The van der Waals surface area contributed by atoms with Crippen molar-refractivity contribution in [2.24, 2.45) is 0 Å². The van der Waals surface area contributed by atoms with Crippen molar-refractivity contribution in [3.05, 3.63) is 72.3 Å². The van der Waals surface area contributed by atoms with Crippen molar-refractivity contribution in [2.45, 2.75) is 6.92 Å². The third kappa shape index (κ3) is 3.37. The molecule has 0 aromatic heterocycles. The van der Waals surface area contributed by atoms with E-state index in [1.54, 1.807) is 12.1 Å². The van der Waals surface area contributed by atoms with Crippen molar-refractivity contribution in [3.63, 3.8) is 0 Å². The predicted octanol–water partition coefficient (Wildman–Crippen LogP) is 3.73. The van der Waals surface area contributed by atoms with Crippen molar-refractivity contribution in [2.75, 3.05) is 10.6 Å². The van der Waals surface area contributed by atoms with Crippen LogP contribution in [-0.4, -0.2) is 11.8 Å². The molecule has 114 valence electrons. The molecular formula is C19H16N2O2. The quantitative estimate of drug-likeness (QED) is 0.709. The number of carbonyl (C=O) groups is 2. The van der Waals surface area contributed by atoms with Gasteiger partial charge in [0.15, 0.2) is 0 Å². The molecule has 23 heavy (non-hydrogen) atoms. The lowest BCUT2D eigenvalue weighted by molar-refractivity contribution is -0.132. The first-order valence-corrected chi connectivity index (χ1v) is 7.30. The molecule has 0 spiro atoms. The highest BCUT2D eigenvalue weighted by atomic mass is 16.2. The van der Waals surface area contributed by atoms with Gasteiger partial charge in [0.1, 0.15) is 0 Å². The Morgan fingerprint density at radius 1 is 0.783 bits per heavy atom. The Morgan fingerprint density at radius 2 is 1.48 bits per heavy atom. The molecule has 0 saturated heterocycles. The van der Waals surface area contributed by atoms with Gasteiger partial charge in [-0.2, -0.15) is 0 Å². The second-order valence-electron chi connectivity index (χ2n) is 5.30. The van der Waals surface area contributed by atoms with E-state index in [0.717, 1.165) is 16.3 Å². The Hall–Kier alpha value is -3.14. The Kier molecular flexibility index (Phi) is 4.06. The van der Waals surface area contributed by atoms with Crippen LogP contribution < -0.4 is 10.6 Å². The maximum absolute atomic E-state index is 12.1. The molecular weight excluding hydrogens is 288 g/mol. The van der Waals surface area contributed by atoms with Gasteiger partial charge < -0.3 is 10.6 Å². The molecule has 2 N–H and O–H groups in total. The number of aryl methyl sites for hydroxylation is 1. The SMILES string of the molecule is Cc1cccc(NC(=O)C(=O)Nc2cccc3ccccc23)c1. The summed E-state index contributed by atoms with van der Waals surface area (Å²) in [6.07, 6.45) is 0. The number of hydrogen-bond donors (Lipinski definition) is 2. The van der Waals surface area contributed by atoms with Crippen molar-refractivity contribution < 1.29 is 9.59 Å². The lowest BCUT2D eigenvalue weighted by atomic mass is 10.1. The summed E-state index contributed by atoms with van der Waals surface area (Å²) in [5.41, 5.74) is 2.23. The van der Waals surface area contributed by atoms with Gasteiger partial charge >= 0.3 is 11.8 Å². The number of nitrogens with one attached hydrogen (secondary N) is 2. The van der Waals surface area contributed by atoms with Crippen LogP contribution in [0.4, 0.5) is 11.4 Å². The summed E-state index contributed by atoms with van der Waals surface area (Å²) in [5.74, 6) is -1.38. The number of amides is 2. The summed E-state index contributed by atoms with van der Waals surface area (Å²) >= 11 is 0.